The van der Waals surface area contributed by atoms with Crippen molar-refractivity contribution in [2.45, 2.75) is 0 Å². The Balaban J connectivity index is 1.15. The minimum Gasteiger partial charge on any atom is -0.455 e. The average Bonchev–Trinajstić information content (AvgIpc) is 3.52. The molecule has 0 aliphatic carbocycles. The van der Waals surface area contributed by atoms with Gasteiger partial charge in [0.05, 0.1) is 0 Å². The Kier molecular flexibility index (Phi) is 6.17. The summed E-state index contributed by atoms with van der Waals surface area (Å²) in [6, 6.07) is 62.7. The SMILES string of the molecule is c1ccc(-c2cccc(-c3ccc(N(c4ccccc4)c4ccc5c(ccc6ccc7c8ccccc8oc7c65)c4)cc3)c2)cc1. The van der Waals surface area contributed by atoms with Gasteiger partial charge in [-0.15, -0.1) is 0 Å². The highest BCUT2D eigenvalue weighted by molar-refractivity contribution is 6.23. The summed E-state index contributed by atoms with van der Waals surface area (Å²) in [7, 11) is 0. The number of fused-ring (bicyclic) bond motifs is 7. The van der Waals surface area contributed by atoms with E-state index in [1.165, 1.54) is 38.4 Å². The zero-order valence-electron chi connectivity index (χ0n) is 25.1. The lowest BCUT2D eigenvalue weighted by molar-refractivity contribution is 0.673. The van der Waals surface area contributed by atoms with Gasteiger partial charge in [0.1, 0.15) is 11.2 Å². The Morgan fingerprint density at radius 3 is 1.74 bits per heavy atom. The molecule has 0 amide bonds. The van der Waals surface area contributed by atoms with Gasteiger partial charge in [0.25, 0.3) is 0 Å². The number of hydrogen-bond acceptors (Lipinski definition) is 2. The predicted molar refractivity (Wildman–Crippen MR) is 194 cm³/mol. The van der Waals surface area contributed by atoms with E-state index in [-0.39, 0.29) is 0 Å². The molecule has 2 heteroatoms. The van der Waals surface area contributed by atoms with Crippen molar-refractivity contribution in [2.75, 3.05) is 4.90 Å². The fraction of sp³-hybridized carbons (Fsp3) is 0. The molecule has 1 aromatic heterocycles. The standard InChI is InChI=1S/C44H29NO/c1-3-10-30(11-4-1)33-12-9-13-34(28-33)31-20-23-37(24-21-31)45(36-14-5-2-6-15-36)38-25-27-39-35(29-38)19-18-32-22-26-41-40-16-7-8-17-42(40)46-44(41)43(32)39/h1-29H. The summed E-state index contributed by atoms with van der Waals surface area (Å²) < 4.78 is 6.46. The van der Waals surface area contributed by atoms with Gasteiger partial charge in [0, 0.05) is 33.2 Å². The molecule has 46 heavy (non-hydrogen) atoms. The maximum atomic E-state index is 6.46. The number of rotatable bonds is 5. The Bertz CT molecular complexity index is 2510. The van der Waals surface area contributed by atoms with Crippen LogP contribution in [0.15, 0.2) is 180 Å². The molecule has 2 nitrogen and oxygen atoms in total. The van der Waals surface area contributed by atoms with Gasteiger partial charge in [-0.2, -0.15) is 0 Å². The fourth-order valence-electron chi connectivity index (χ4n) is 6.79. The minimum atomic E-state index is 0.920. The van der Waals surface area contributed by atoms with E-state index in [1.807, 2.05) is 12.1 Å². The Hall–Kier alpha value is -6.12. The van der Waals surface area contributed by atoms with E-state index < -0.39 is 0 Å². The monoisotopic (exact) mass is 587 g/mol. The smallest absolute Gasteiger partial charge is 0.143 e. The number of hydrogen-bond donors (Lipinski definition) is 0. The number of para-hydroxylation sites is 2. The second kappa shape index (κ2) is 10.8. The van der Waals surface area contributed by atoms with Crippen molar-refractivity contribution in [1.29, 1.82) is 0 Å². The van der Waals surface area contributed by atoms with Crippen LogP contribution in [-0.2, 0) is 0 Å². The highest BCUT2D eigenvalue weighted by atomic mass is 16.3. The summed E-state index contributed by atoms with van der Waals surface area (Å²) >= 11 is 0. The van der Waals surface area contributed by atoms with E-state index in [0.29, 0.717) is 0 Å². The summed E-state index contributed by atoms with van der Waals surface area (Å²) in [5.41, 5.74) is 10.0. The van der Waals surface area contributed by atoms with Crippen LogP contribution in [0.5, 0.6) is 0 Å². The van der Waals surface area contributed by atoms with E-state index in [2.05, 4.69) is 169 Å². The van der Waals surface area contributed by atoms with Crippen LogP contribution in [0.4, 0.5) is 17.1 Å². The van der Waals surface area contributed by atoms with Crippen LogP contribution in [0.2, 0.25) is 0 Å². The van der Waals surface area contributed by atoms with Crippen molar-refractivity contribution in [2.24, 2.45) is 0 Å². The molecule has 0 fully saturated rings. The van der Waals surface area contributed by atoms with Gasteiger partial charge in [0.2, 0.25) is 0 Å². The van der Waals surface area contributed by atoms with Gasteiger partial charge < -0.3 is 9.32 Å². The third-order valence-electron chi connectivity index (χ3n) is 9.03. The quantitative estimate of drug-likeness (QED) is 0.186. The van der Waals surface area contributed by atoms with Gasteiger partial charge in [0.15, 0.2) is 0 Å². The molecular formula is C44H29NO. The van der Waals surface area contributed by atoms with Crippen molar-refractivity contribution in [3.63, 3.8) is 0 Å². The zero-order valence-corrected chi connectivity index (χ0v) is 25.1. The van der Waals surface area contributed by atoms with Gasteiger partial charge in [-0.1, -0.05) is 121 Å². The van der Waals surface area contributed by atoms with Crippen LogP contribution in [0.3, 0.4) is 0 Å². The molecule has 8 aromatic carbocycles. The lowest BCUT2D eigenvalue weighted by Crippen LogP contribution is -2.09. The van der Waals surface area contributed by atoms with Gasteiger partial charge in [-0.05, 0) is 93.0 Å². The molecule has 1 heterocycles. The van der Waals surface area contributed by atoms with Crippen molar-refractivity contribution in [3.8, 4) is 22.3 Å². The molecule has 0 aliphatic rings. The average molecular weight is 588 g/mol. The van der Waals surface area contributed by atoms with Gasteiger partial charge in [-0.25, -0.2) is 0 Å². The molecule has 0 saturated heterocycles. The number of anilines is 3. The van der Waals surface area contributed by atoms with Crippen LogP contribution < -0.4 is 4.90 Å². The fourth-order valence-corrected chi connectivity index (χ4v) is 6.79. The third kappa shape index (κ3) is 4.43. The number of nitrogens with zero attached hydrogens (tertiary/aromatic N) is 1. The largest absolute Gasteiger partial charge is 0.455 e. The summed E-state index contributed by atoms with van der Waals surface area (Å²) in [6.07, 6.45) is 0. The summed E-state index contributed by atoms with van der Waals surface area (Å²) in [5, 5.41) is 7.00. The van der Waals surface area contributed by atoms with E-state index in [0.717, 1.165) is 44.4 Å². The topological polar surface area (TPSA) is 16.4 Å². The Labute approximate surface area is 267 Å². The first-order chi connectivity index (χ1) is 22.8. The molecular weight excluding hydrogens is 558 g/mol. The normalized spacial score (nSPS) is 11.5. The van der Waals surface area contributed by atoms with E-state index >= 15 is 0 Å². The first kappa shape index (κ1) is 26.3. The van der Waals surface area contributed by atoms with Crippen LogP contribution in [0.1, 0.15) is 0 Å². The van der Waals surface area contributed by atoms with E-state index in [9.17, 15) is 0 Å². The Morgan fingerprint density at radius 2 is 0.935 bits per heavy atom. The van der Waals surface area contributed by atoms with Gasteiger partial charge in [-0.3, -0.25) is 0 Å². The second-order valence-corrected chi connectivity index (χ2v) is 11.8. The lowest BCUT2D eigenvalue weighted by Gasteiger charge is -2.26. The second-order valence-electron chi connectivity index (χ2n) is 11.8. The molecule has 0 N–H and O–H groups in total. The van der Waals surface area contributed by atoms with Crippen molar-refractivity contribution in [1.82, 2.24) is 0 Å². The molecule has 0 spiro atoms. The molecule has 0 aliphatic heterocycles. The minimum absolute atomic E-state index is 0.920. The third-order valence-corrected chi connectivity index (χ3v) is 9.03. The van der Waals surface area contributed by atoms with E-state index in [1.54, 1.807) is 0 Å². The van der Waals surface area contributed by atoms with E-state index in [4.69, 9.17) is 4.42 Å². The lowest BCUT2D eigenvalue weighted by atomic mass is 9.98. The van der Waals surface area contributed by atoms with Gasteiger partial charge >= 0.3 is 0 Å². The molecule has 0 unspecified atom stereocenters. The number of benzene rings is 8. The van der Waals surface area contributed by atoms with Crippen molar-refractivity contribution >= 4 is 60.5 Å². The molecule has 9 aromatic rings. The molecule has 9 rings (SSSR count). The van der Waals surface area contributed by atoms with Crippen molar-refractivity contribution < 1.29 is 4.42 Å². The van der Waals surface area contributed by atoms with Crippen LogP contribution in [0.25, 0.3) is 65.7 Å². The van der Waals surface area contributed by atoms with Crippen LogP contribution >= 0.6 is 0 Å². The summed E-state index contributed by atoms with van der Waals surface area (Å²) in [6.45, 7) is 0. The molecule has 0 atom stereocenters. The predicted octanol–water partition coefficient (Wildman–Crippen LogP) is 12.7. The maximum Gasteiger partial charge on any atom is 0.143 e. The zero-order chi connectivity index (χ0) is 30.5. The van der Waals surface area contributed by atoms with Crippen LogP contribution in [0, 0.1) is 0 Å². The summed E-state index contributed by atoms with van der Waals surface area (Å²) in [5.74, 6) is 0. The molecule has 0 radical (unpaired) electrons. The number of furan rings is 1. The molecule has 216 valence electrons. The summed E-state index contributed by atoms with van der Waals surface area (Å²) in [4.78, 5) is 2.33. The molecule has 0 saturated carbocycles. The highest BCUT2D eigenvalue weighted by Gasteiger charge is 2.16. The maximum absolute atomic E-state index is 6.46. The first-order valence-electron chi connectivity index (χ1n) is 15.7. The Morgan fingerprint density at radius 1 is 0.348 bits per heavy atom. The van der Waals surface area contributed by atoms with Crippen molar-refractivity contribution in [3.05, 3.63) is 176 Å². The highest BCUT2D eigenvalue weighted by Crippen LogP contribution is 2.41. The van der Waals surface area contributed by atoms with Crippen LogP contribution in [-0.4, -0.2) is 0 Å². The first-order valence-corrected chi connectivity index (χ1v) is 15.7. The molecule has 0 bridgehead atoms.